The fraction of sp³-hybridized carbons (Fsp3) is 0.632. The highest BCUT2D eigenvalue weighted by molar-refractivity contribution is 7.98. The highest BCUT2D eigenvalue weighted by atomic mass is 32.2. The molecule has 1 aromatic carbocycles. The lowest BCUT2D eigenvalue weighted by Crippen LogP contribution is -2.63. The van der Waals surface area contributed by atoms with Crippen LogP contribution in [-0.2, 0) is 23.7 Å². The van der Waals surface area contributed by atoms with Gasteiger partial charge in [0, 0.05) is 0 Å². The Balaban J connectivity index is 1.75. The van der Waals surface area contributed by atoms with Crippen molar-refractivity contribution < 1.29 is 34.0 Å². The molecule has 0 aliphatic carbocycles. The molecule has 8 nitrogen and oxygen atoms in total. The smallest absolute Gasteiger partial charge is 0.323 e. The zero-order valence-electron chi connectivity index (χ0n) is 15.7. The van der Waals surface area contributed by atoms with Crippen molar-refractivity contribution >= 4 is 17.7 Å². The monoisotopic (exact) mass is 413 g/mol. The molecule has 2 saturated heterocycles. The number of aliphatic hydroxyl groups excluding tert-OH is 2. The van der Waals surface area contributed by atoms with E-state index in [1.165, 1.54) is 0 Å². The second-order valence-corrected chi connectivity index (χ2v) is 7.82. The number of rotatable bonds is 7. The molecule has 28 heavy (non-hydrogen) atoms. The summed E-state index contributed by atoms with van der Waals surface area (Å²) in [4.78, 5) is 12.4. The summed E-state index contributed by atoms with van der Waals surface area (Å²) >= 11 is 1.58. The average Bonchev–Trinajstić information content (AvgIpc) is 2.73. The molecule has 4 N–H and O–H groups in total. The lowest BCUT2D eigenvalue weighted by Gasteiger charge is -2.47. The summed E-state index contributed by atoms with van der Waals surface area (Å²) in [6.07, 6.45) is -2.98. The summed E-state index contributed by atoms with van der Waals surface area (Å²) in [5, 5.41) is 20.1. The first kappa shape index (κ1) is 21.5. The molecule has 0 spiro atoms. The number of hydrogen-bond acceptors (Lipinski definition) is 9. The van der Waals surface area contributed by atoms with Gasteiger partial charge in [-0.1, -0.05) is 30.3 Å². The first-order valence-electron chi connectivity index (χ1n) is 9.26. The highest BCUT2D eigenvalue weighted by Crippen LogP contribution is 2.35. The van der Waals surface area contributed by atoms with Crippen LogP contribution in [-0.4, -0.2) is 78.2 Å². The van der Waals surface area contributed by atoms with Crippen molar-refractivity contribution in [3.8, 4) is 0 Å². The first-order valence-corrected chi connectivity index (χ1v) is 10.7. The molecule has 9 heteroatoms. The van der Waals surface area contributed by atoms with Crippen molar-refractivity contribution in [1.82, 2.24) is 0 Å². The van der Waals surface area contributed by atoms with Crippen LogP contribution in [0.3, 0.4) is 0 Å². The van der Waals surface area contributed by atoms with Gasteiger partial charge in [0.25, 0.3) is 0 Å². The first-order chi connectivity index (χ1) is 13.5. The molecule has 1 aromatic rings. The second-order valence-electron chi connectivity index (χ2n) is 6.84. The van der Waals surface area contributed by atoms with Gasteiger partial charge in [-0.15, -0.1) is 0 Å². The number of carbonyl (C=O) groups is 1. The maximum Gasteiger partial charge on any atom is 0.323 e. The van der Waals surface area contributed by atoms with E-state index in [-0.39, 0.29) is 6.61 Å². The normalized spacial score (nSPS) is 33.7. The molecular formula is C19H27NO7S. The number of benzene rings is 1. The third-order valence-corrected chi connectivity index (χ3v) is 5.53. The van der Waals surface area contributed by atoms with Crippen LogP contribution < -0.4 is 5.73 Å². The van der Waals surface area contributed by atoms with Crippen LogP contribution in [0.1, 0.15) is 18.1 Å². The van der Waals surface area contributed by atoms with Gasteiger partial charge >= 0.3 is 5.97 Å². The van der Waals surface area contributed by atoms with Gasteiger partial charge in [-0.2, -0.15) is 11.8 Å². The van der Waals surface area contributed by atoms with Gasteiger partial charge in [-0.25, -0.2) is 0 Å². The Morgan fingerprint density at radius 2 is 2.11 bits per heavy atom. The number of aliphatic hydroxyl groups is 2. The highest BCUT2D eigenvalue weighted by Gasteiger charge is 2.51. The number of esters is 1. The van der Waals surface area contributed by atoms with E-state index >= 15 is 0 Å². The lowest BCUT2D eigenvalue weighted by molar-refractivity contribution is -0.351. The fourth-order valence-electron chi connectivity index (χ4n) is 3.29. The van der Waals surface area contributed by atoms with Crippen molar-refractivity contribution in [2.75, 3.05) is 25.2 Å². The zero-order valence-corrected chi connectivity index (χ0v) is 16.5. The number of thioether (sulfide) groups is 1. The quantitative estimate of drug-likeness (QED) is 0.539. The van der Waals surface area contributed by atoms with Crippen LogP contribution in [0.4, 0.5) is 0 Å². The summed E-state index contributed by atoms with van der Waals surface area (Å²) in [7, 11) is 0. The maximum atomic E-state index is 12.4. The molecule has 2 aliphatic heterocycles. The Labute approximate surface area is 168 Å². The second kappa shape index (κ2) is 10.0. The van der Waals surface area contributed by atoms with Gasteiger partial charge in [0.15, 0.2) is 12.4 Å². The van der Waals surface area contributed by atoms with E-state index in [0.29, 0.717) is 12.2 Å². The van der Waals surface area contributed by atoms with E-state index in [2.05, 4.69) is 0 Å². The molecule has 2 heterocycles. The van der Waals surface area contributed by atoms with E-state index in [4.69, 9.17) is 24.7 Å². The SMILES string of the molecule is CSCC[C@@H](N)C(=O)O[C@H]1[C@H](O)[C@@H](CO)O[C@H]2OC[C@H](c3ccccc3)O[C@@H]21. The van der Waals surface area contributed by atoms with Gasteiger partial charge in [0.2, 0.25) is 0 Å². The molecular weight excluding hydrogens is 386 g/mol. The van der Waals surface area contributed by atoms with Crippen LogP contribution >= 0.6 is 11.8 Å². The molecule has 156 valence electrons. The van der Waals surface area contributed by atoms with Crippen molar-refractivity contribution in [3.63, 3.8) is 0 Å². The summed E-state index contributed by atoms with van der Waals surface area (Å²) < 4.78 is 23.0. The number of fused-ring (bicyclic) bond motifs is 1. The summed E-state index contributed by atoms with van der Waals surface area (Å²) in [5.74, 6) is 0.0917. The number of carbonyl (C=O) groups excluding carboxylic acids is 1. The summed E-state index contributed by atoms with van der Waals surface area (Å²) in [6, 6.07) is 8.69. The number of hydrogen-bond donors (Lipinski definition) is 3. The fourth-order valence-corrected chi connectivity index (χ4v) is 3.78. The van der Waals surface area contributed by atoms with Crippen LogP contribution in [0.5, 0.6) is 0 Å². The molecule has 3 rings (SSSR count). The van der Waals surface area contributed by atoms with Crippen LogP contribution in [0.15, 0.2) is 30.3 Å². The predicted octanol–water partition coefficient (Wildman–Crippen LogP) is 0.213. The molecule has 2 fully saturated rings. The van der Waals surface area contributed by atoms with Crippen molar-refractivity contribution in [3.05, 3.63) is 35.9 Å². The Bertz CT molecular complexity index is 634. The molecule has 0 radical (unpaired) electrons. The van der Waals surface area contributed by atoms with E-state index in [1.54, 1.807) is 11.8 Å². The summed E-state index contributed by atoms with van der Waals surface area (Å²) in [5.41, 5.74) is 6.80. The van der Waals surface area contributed by atoms with E-state index < -0.39 is 55.4 Å². The summed E-state index contributed by atoms with van der Waals surface area (Å²) in [6.45, 7) is -0.199. The predicted molar refractivity (Wildman–Crippen MR) is 103 cm³/mol. The van der Waals surface area contributed by atoms with Crippen molar-refractivity contribution in [2.45, 2.75) is 49.3 Å². The minimum Gasteiger partial charge on any atom is -0.455 e. The van der Waals surface area contributed by atoms with Crippen LogP contribution in [0.2, 0.25) is 0 Å². The van der Waals surface area contributed by atoms with E-state index in [0.717, 1.165) is 5.56 Å². The third-order valence-electron chi connectivity index (χ3n) is 4.89. The molecule has 0 amide bonds. The lowest BCUT2D eigenvalue weighted by atomic mass is 9.97. The van der Waals surface area contributed by atoms with Gasteiger partial charge in [0.05, 0.1) is 13.2 Å². The molecule has 0 saturated carbocycles. The van der Waals surface area contributed by atoms with Gasteiger partial charge in [-0.05, 0) is 24.0 Å². The zero-order chi connectivity index (χ0) is 20.1. The minimum atomic E-state index is -1.26. The molecule has 0 unspecified atom stereocenters. The molecule has 0 aromatic heterocycles. The largest absolute Gasteiger partial charge is 0.455 e. The Morgan fingerprint density at radius 1 is 1.36 bits per heavy atom. The topological polar surface area (TPSA) is 120 Å². The van der Waals surface area contributed by atoms with E-state index in [1.807, 2.05) is 36.6 Å². The van der Waals surface area contributed by atoms with Crippen molar-refractivity contribution in [2.24, 2.45) is 5.73 Å². The maximum absolute atomic E-state index is 12.4. The number of ether oxygens (including phenoxy) is 4. The van der Waals surface area contributed by atoms with Crippen molar-refractivity contribution in [1.29, 1.82) is 0 Å². The Hall–Kier alpha value is -1.20. The number of nitrogens with two attached hydrogens (primary N) is 1. The Kier molecular flexibility index (Phi) is 7.69. The molecule has 0 bridgehead atoms. The van der Waals surface area contributed by atoms with Gasteiger partial charge in [0.1, 0.15) is 30.5 Å². The average molecular weight is 413 g/mol. The molecule has 7 atom stereocenters. The minimum absolute atomic E-state index is 0.243. The Morgan fingerprint density at radius 3 is 2.79 bits per heavy atom. The third kappa shape index (κ3) is 4.85. The standard InChI is InChI=1S/C19H27NO7S/c1-28-8-7-12(20)18(23)27-16-15(22)13(9-21)26-19-17(16)25-14(10-24-19)11-5-3-2-4-6-11/h2-6,12-17,19,21-22H,7-10,20H2,1H3/t12-,13-,14-,15-,16+,17-,19-/m1/s1. The van der Waals surface area contributed by atoms with Crippen LogP contribution in [0.25, 0.3) is 0 Å². The molecule has 2 aliphatic rings. The van der Waals surface area contributed by atoms with E-state index in [9.17, 15) is 15.0 Å². The van der Waals surface area contributed by atoms with Gasteiger partial charge < -0.3 is 34.9 Å². The van der Waals surface area contributed by atoms with Crippen LogP contribution in [0, 0.1) is 0 Å². The van der Waals surface area contributed by atoms with Gasteiger partial charge in [-0.3, -0.25) is 4.79 Å².